The number of halogens is 1. The van der Waals surface area contributed by atoms with Crippen molar-refractivity contribution in [2.45, 2.75) is 19.6 Å². The summed E-state index contributed by atoms with van der Waals surface area (Å²) >= 11 is 3.10. The van der Waals surface area contributed by atoms with E-state index in [4.69, 9.17) is 0 Å². The summed E-state index contributed by atoms with van der Waals surface area (Å²) in [6.07, 6.45) is 0.957. The lowest BCUT2D eigenvalue weighted by Crippen LogP contribution is -2.17. The van der Waals surface area contributed by atoms with Gasteiger partial charge in [-0.05, 0) is 11.8 Å². The Bertz CT molecular complexity index is 339. The molecule has 0 bridgehead atoms. The lowest BCUT2D eigenvalue weighted by Gasteiger charge is -2.02. The van der Waals surface area contributed by atoms with Gasteiger partial charge in [-0.1, -0.05) is 15.9 Å². The molecule has 1 unspecified atom stereocenters. The number of aromatic nitrogens is 2. The summed E-state index contributed by atoms with van der Waals surface area (Å²) in [6, 6.07) is 0. The summed E-state index contributed by atoms with van der Waals surface area (Å²) < 4.78 is 1.37. The normalized spacial score (nSPS) is 12.8. The van der Waals surface area contributed by atoms with Crippen LogP contribution in [0.1, 0.15) is 5.56 Å². The molecule has 6 nitrogen and oxygen atoms in total. The largest absolute Gasteiger partial charge is 0.392 e. The van der Waals surface area contributed by atoms with Crippen LogP contribution in [0.5, 0.6) is 0 Å². The van der Waals surface area contributed by atoms with E-state index in [1.165, 1.54) is 4.68 Å². The van der Waals surface area contributed by atoms with Gasteiger partial charge >= 0.3 is 5.82 Å². The van der Waals surface area contributed by atoms with Crippen molar-refractivity contribution < 1.29 is 10.0 Å². The van der Waals surface area contributed by atoms with E-state index in [1.54, 1.807) is 13.1 Å². The van der Waals surface area contributed by atoms with Gasteiger partial charge in [0.2, 0.25) is 0 Å². The fraction of sp³-hybridized carbons (Fsp3) is 0.571. The van der Waals surface area contributed by atoms with Crippen molar-refractivity contribution in [3.05, 3.63) is 21.9 Å². The SMILES string of the molecule is Cc1cn(CC(O)CBr)nc1[N+](=O)[O-]. The second-order valence-electron chi connectivity index (χ2n) is 2.92. The Balaban J connectivity index is 2.81. The number of nitrogens with zero attached hydrogens (tertiary/aromatic N) is 3. The van der Waals surface area contributed by atoms with Gasteiger partial charge in [-0.15, -0.1) is 0 Å². The molecular formula is C7H10BrN3O3. The van der Waals surface area contributed by atoms with Gasteiger partial charge in [0.1, 0.15) is 0 Å². The smallest absolute Gasteiger partial charge is 0.390 e. The van der Waals surface area contributed by atoms with Crippen molar-refractivity contribution in [2.24, 2.45) is 0 Å². The zero-order valence-corrected chi connectivity index (χ0v) is 9.14. The highest BCUT2D eigenvalue weighted by Gasteiger charge is 2.18. The van der Waals surface area contributed by atoms with E-state index in [0.29, 0.717) is 10.9 Å². The Morgan fingerprint density at radius 2 is 2.50 bits per heavy atom. The molecule has 0 radical (unpaired) electrons. The highest BCUT2D eigenvalue weighted by Crippen LogP contribution is 2.14. The monoisotopic (exact) mass is 263 g/mol. The molecule has 1 N–H and O–H groups in total. The molecule has 0 aliphatic heterocycles. The number of nitro groups is 1. The lowest BCUT2D eigenvalue weighted by molar-refractivity contribution is -0.390. The van der Waals surface area contributed by atoms with Gasteiger partial charge in [0.25, 0.3) is 0 Å². The molecule has 0 aliphatic carbocycles. The first-order chi connectivity index (χ1) is 6.54. The van der Waals surface area contributed by atoms with E-state index in [-0.39, 0.29) is 12.4 Å². The second-order valence-corrected chi connectivity index (χ2v) is 3.57. The predicted molar refractivity (Wildman–Crippen MR) is 53.4 cm³/mol. The molecule has 0 amide bonds. The van der Waals surface area contributed by atoms with E-state index >= 15 is 0 Å². The minimum Gasteiger partial charge on any atom is -0.390 e. The van der Waals surface area contributed by atoms with Gasteiger partial charge in [-0.25, -0.2) is 0 Å². The zero-order valence-electron chi connectivity index (χ0n) is 7.55. The highest BCUT2D eigenvalue weighted by molar-refractivity contribution is 9.09. The van der Waals surface area contributed by atoms with Crippen LogP contribution in [0.3, 0.4) is 0 Å². The first-order valence-corrected chi connectivity index (χ1v) is 5.09. The van der Waals surface area contributed by atoms with Crippen LogP contribution in [0.4, 0.5) is 5.82 Å². The van der Waals surface area contributed by atoms with Crippen molar-refractivity contribution in [1.29, 1.82) is 0 Å². The first kappa shape index (κ1) is 11.1. The maximum atomic E-state index is 10.4. The molecule has 0 aromatic carbocycles. The predicted octanol–water partition coefficient (Wildman–Crippen LogP) is 0.856. The lowest BCUT2D eigenvalue weighted by atomic mass is 10.4. The van der Waals surface area contributed by atoms with Gasteiger partial charge in [0, 0.05) is 5.33 Å². The third-order valence-corrected chi connectivity index (χ3v) is 2.41. The van der Waals surface area contributed by atoms with Crippen LogP contribution in [0, 0.1) is 17.0 Å². The van der Waals surface area contributed by atoms with Crippen LogP contribution in [-0.2, 0) is 6.54 Å². The molecule has 0 aliphatic rings. The number of alkyl halides is 1. The van der Waals surface area contributed by atoms with E-state index in [1.807, 2.05) is 0 Å². The molecule has 78 valence electrons. The summed E-state index contributed by atoms with van der Waals surface area (Å²) in [5, 5.41) is 23.9. The molecule has 0 saturated heterocycles. The molecule has 1 aromatic heterocycles. The van der Waals surface area contributed by atoms with Gasteiger partial charge in [-0.3, -0.25) is 0 Å². The molecular weight excluding hydrogens is 254 g/mol. The van der Waals surface area contributed by atoms with Crippen molar-refractivity contribution in [1.82, 2.24) is 9.78 Å². The van der Waals surface area contributed by atoms with Crippen molar-refractivity contribution >= 4 is 21.7 Å². The standard InChI is InChI=1S/C7H10BrN3O3/c1-5-3-10(4-6(12)2-8)9-7(5)11(13)14/h3,6,12H,2,4H2,1H3. The quantitative estimate of drug-likeness (QED) is 0.496. The van der Waals surface area contributed by atoms with Crippen molar-refractivity contribution in [3.8, 4) is 0 Å². The van der Waals surface area contributed by atoms with Gasteiger partial charge in [0.05, 0.1) is 29.5 Å². The number of rotatable bonds is 4. The number of aliphatic hydroxyl groups is 1. The summed E-state index contributed by atoms with van der Waals surface area (Å²) in [5.74, 6) is -0.160. The molecule has 0 fully saturated rings. The highest BCUT2D eigenvalue weighted by atomic mass is 79.9. The minimum atomic E-state index is -0.589. The van der Waals surface area contributed by atoms with Crippen LogP contribution in [0.25, 0.3) is 0 Å². The Morgan fingerprint density at radius 3 is 2.93 bits per heavy atom. The van der Waals surface area contributed by atoms with Gasteiger partial charge < -0.3 is 15.2 Å². The molecule has 14 heavy (non-hydrogen) atoms. The Labute approximate surface area is 88.8 Å². The van der Waals surface area contributed by atoms with E-state index < -0.39 is 11.0 Å². The van der Waals surface area contributed by atoms with Gasteiger partial charge in [0.15, 0.2) is 0 Å². The van der Waals surface area contributed by atoms with E-state index in [9.17, 15) is 15.2 Å². The third kappa shape index (κ3) is 2.52. The molecule has 1 atom stereocenters. The van der Waals surface area contributed by atoms with Crippen LogP contribution in [-0.4, -0.2) is 31.2 Å². The van der Waals surface area contributed by atoms with Crippen molar-refractivity contribution in [3.63, 3.8) is 0 Å². The Morgan fingerprint density at radius 1 is 1.86 bits per heavy atom. The fourth-order valence-electron chi connectivity index (χ4n) is 1.05. The summed E-state index contributed by atoms with van der Waals surface area (Å²) in [4.78, 5) is 9.91. The van der Waals surface area contributed by atoms with E-state index in [2.05, 4.69) is 21.0 Å². The number of hydrogen-bond donors (Lipinski definition) is 1. The number of hydrogen-bond acceptors (Lipinski definition) is 4. The topological polar surface area (TPSA) is 81.2 Å². The maximum absolute atomic E-state index is 10.4. The molecule has 1 aromatic rings. The van der Waals surface area contributed by atoms with Crippen LogP contribution < -0.4 is 0 Å². The van der Waals surface area contributed by atoms with Crippen LogP contribution in [0.15, 0.2) is 6.20 Å². The molecule has 1 heterocycles. The maximum Gasteiger partial charge on any atom is 0.392 e. The fourth-order valence-corrected chi connectivity index (χ4v) is 1.25. The van der Waals surface area contributed by atoms with E-state index in [0.717, 1.165) is 0 Å². The number of aryl methyl sites for hydroxylation is 1. The second kappa shape index (κ2) is 4.52. The average Bonchev–Trinajstić information content (AvgIpc) is 2.46. The minimum absolute atomic E-state index is 0.160. The first-order valence-electron chi connectivity index (χ1n) is 3.97. The zero-order chi connectivity index (χ0) is 10.7. The van der Waals surface area contributed by atoms with Crippen molar-refractivity contribution in [2.75, 3.05) is 5.33 Å². The van der Waals surface area contributed by atoms with Crippen LogP contribution >= 0.6 is 15.9 Å². The van der Waals surface area contributed by atoms with Crippen LogP contribution in [0.2, 0.25) is 0 Å². The van der Waals surface area contributed by atoms with Gasteiger partial charge in [-0.2, -0.15) is 4.68 Å². The summed E-state index contributed by atoms with van der Waals surface area (Å²) in [5.41, 5.74) is 0.497. The summed E-state index contributed by atoms with van der Waals surface area (Å²) in [7, 11) is 0. The molecule has 0 saturated carbocycles. The summed E-state index contributed by atoms with van der Waals surface area (Å²) in [6.45, 7) is 1.86. The number of aliphatic hydroxyl groups excluding tert-OH is 1. The third-order valence-electron chi connectivity index (χ3n) is 1.67. The average molecular weight is 264 g/mol. The molecule has 1 rings (SSSR count). The molecule has 0 spiro atoms. The Kier molecular flexibility index (Phi) is 3.59. The Hall–Kier alpha value is -0.950. The molecule has 7 heteroatoms.